The number of carboxylic acids is 1. The fourth-order valence-electron chi connectivity index (χ4n) is 1.40. The van der Waals surface area contributed by atoms with Crippen molar-refractivity contribution in [3.05, 3.63) is 37.9 Å². The molecule has 1 aromatic rings. The highest BCUT2D eigenvalue weighted by atomic mass is 35.5. The molecule has 0 unspecified atom stereocenters. The van der Waals surface area contributed by atoms with E-state index in [0.717, 1.165) is 6.92 Å². The summed E-state index contributed by atoms with van der Waals surface area (Å²) in [5, 5.41) is 18.5. The lowest BCUT2D eigenvalue weighted by Gasteiger charge is -2.12. The Bertz CT molecular complexity index is 542. The van der Waals surface area contributed by atoms with Crippen LogP contribution in [0.1, 0.15) is 21.5 Å². The Balaban J connectivity index is 3.78. The van der Waals surface area contributed by atoms with Gasteiger partial charge in [0.15, 0.2) is 0 Å². The largest absolute Gasteiger partial charge is 0.478 e. The molecule has 0 aromatic heterocycles. The van der Waals surface area contributed by atoms with E-state index in [9.17, 15) is 28.1 Å². The molecule has 98 valence electrons. The molecule has 0 amide bonds. The average Bonchev–Trinajstić information content (AvgIpc) is 2.13. The first-order valence-electron chi connectivity index (χ1n) is 4.35. The molecule has 0 bridgehead atoms. The predicted octanol–water partition coefficient (Wildman–Crippen LogP) is 3.27. The maximum absolute atomic E-state index is 12.6. The number of hydrogen-bond donors (Lipinski definition) is 1. The van der Waals surface area contributed by atoms with Gasteiger partial charge in [0.2, 0.25) is 0 Å². The summed E-state index contributed by atoms with van der Waals surface area (Å²) in [6.07, 6.45) is -4.90. The topological polar surface area (TPSA) is 80.4 Å². The van der Waals surface area contributed by atoms with Crippen LogP contribution in [0.5, 0.6) is 0 Å². The van der Waals surface area contributed by atoms with Gasteiger partial charge in [-0.2, -0.15) is 13.2 Å². The molecule has 0 aliphatic heterocycles. The van der Waals surface area contributed by atoms with Crippen LogP contribution in [-0.2, 0) is 6.18 Å². The molecule has 0 heterocycles. The van der Waals surface area contributed by atoms with Crippen molar-refractivity contribution in [2.45, 2.75) is 13.1 Å². The van der Waals surface area contributed by atoms with Gasteiger partial charge >= 0.3 is 12.1 Å². The van der Waals surface area contributed by atoms with E-state index >= 15 is 0 Å². The number of aromatic carboxylic acids is 1. The van der Waals surface area contributed by atoms with Gasteiger partial charge in [-0.1, -0.05) is 11.6 Å². The predicted molar refractivity (Wildman–Crippen MR) is 54.8 cm³/mol. The number of benzene rings is 1. The van der Waals surface area contributed by atoms with Gasteiger partial charge in [-0.05, 0) is 13.0 Å². The van der Waals surface area contributed by atoms with E-state index in [0.29, 0.717) is 0 Å². The third-order valence-electron chi connectivity index (χ3n) is 2.21. The average molecular weight is 284 g/mol. The number of carbonyl (C=O) groups is 1. The number of nitrogens with zero attached hydrogens (tertiary/aromatic N) is 1. The second-order valence-electron chi connectivity index (χ2n) is 3.32. The summed E-state index contributed by atoms with van der Waals surface area (Å²) in [6, 6.07) is 0.285. The van der Waals surface area contributed by atoms with Gasteiger partial charge in [0.25, 0.3) is 5.69 Å². The van der Waals surface area contributed by atoms with Crippen LogP contribution >= 0.6 is 11.6 Å². The third-order valence-corrected chi connectivity index (χ3v) is 2.59. The molecule has 0 fully saturated rings. The fraction of sp³-hybridized carbons (Fsp3) is 0.222. The van der Waals surface area contributed by atoms with Crippen molar-refractivity contribution >= 4 is 23.3 Å². The molecule has 0 spiro atoms. The summed E-state index contributed by atoms with van der Waals surface area (Å²) in [7, 11) is 0. The normalized spacial score (nSPS) is 11.4. The number of hydrogen-bond acceptors (Lipinski definition) is 3. The van der Waals surface area contributed by atoms with Crippen LogP contribution in [0.4, 0.5) is 18.9 Å². The highest BCUT2D eigenvalue weighted by molar-refractivity contribution is 6.35. The lowest BCUT2D eigenvalue weighted by Crippen LogP contribution is -2.12. The number of nitro groups is 1. The molecule has 0 saturated heterocycles. The molecule has 0 saturated carbocycles. The summed E-state index contributed by atoms with van der Waals surface area (Å²) in [5.74, 6) is -1.77. The molecule has 9 heteroatoms. The van der Waals surface area contributed by atoms with Crippen molar-refractivity contribution in [2.75, 3.05) is 0 Å². The molecule has 0 radical (unpaired) electrons. The van der Waals surface area contributed by atoms with Gasteiger partial charge in [-0.25, -0.2) is 4.79 Å². The molecule has 0 aliphatic carbocycles. The Morgan fingerprint density at radius 3 is 2.33 bits per heavy atom. The minimum atomic E-state index is -4.90. The zero-order valence-corrected chi connectivity index (χ0v) is 9.46. The molecule has 5 nitrogen and oxygen atoms in total. The Morgan fingerprint density at radius 2 is 2.00 bits per heavy atom. The maximum Gasteiger partial charge on any atom is 0.416 e. The molecule has 1 N–H and O–H groups in total. The van der Waals surface area contributed by atoms with E-state index < -0.39 is 44.5 Å². The lowest BCUT2D eigenvalue weighted by atomic mass is 10.0. The van der Waals surface area contributed by atoms with Gasteiger partial charge in [-0.3, -0.25) is 10.1 Å². The van der Waals surface area contributed by atoms with Crippen LogP contribution in [0.2, 0.25) is 5.02 Å². The van der Waals surface area contributed by atoms with E-state index in [2.05, 4.69) is 0 Å². The van der Waals surface area contributed by atoms with Crippen LogP contribution in [0, 0.1) is 17.0 Å². The Kier molecular flexibility index (Phi) is 3.52. The first-order chi connectivity index (χ1) is 8.07. The van der Waals surface area contributed by atoms with Crippen molar-refractivity contribution in [2.24, 2.45) is 0 Å². The molecule has 1 aromatic carbocycles. The first kappa shape index (κ1) is 14.2. The molecule has 0 atom stereocenters. The van der Waals surface area contributed by atoms with Gasteiger partial charge < -0.3 is 5.11 Å². The lowest BCUT2D eigenvalue weighted by molar-refractivity contribution is -0.385. The molecular weight excluding hydrogens is 279 g/mol. The number of halogens is 4. The van der Waals surface area contributed by atoms with Crippen molar-refractivity contribution in [3.8, 4) is 0 Å². The molecule has 1 rings (SSSR count). The fourth-order valence-corrected chi connectivity index (χ4v) is 1.75. The van der Waals surface area contributed by atoms with E-state index in [1.165, 1.54) is 0 Å². The van der Waals surface area contributed by atoms with E-state index in [-0.39, 0.29) is 6.07 Å². The van der Waals surface area contributed by atoms with Crippen molar-refractivity contribution < 1.29 is 28.0 Å². The quantitative estimate of drug-likeness (QED) is 0.667. The monoisotopic (exact) mass is 283 g/mol. The highest BCUT2D eigenvalue weighted by Gasteiger charge is 2.38. The van der Waals surface area contributed by atoms with Crippen LogP contribution in [0.15, 0.2) is 6.07 Å². The smallest absolute Gasteiger partial charge is 0.416 e. The summed E-state index contributed by atoms with van der Waals surface area (Å²) in [5.41, 5.74) is -4.12. The molecular formula is C9H5ClF3NO4. The Labute approximate surface area is 103 Å². The maximum atomic E-state index is 12.6. The third kappa shape index (κ3) is 2.37. The highest BCUT2D eigenvalue weighted by Crippen LogP contribution is 2.40. The van der Waals surface area contributed by atoms with Gasteiger partial charge in [-0.15, -0.1) is 0 Å². The minimum absolute atomic E-state index is 0.285. The van der Waals surface area contributed by atoms with Crippen LogP contribution in [0.3, 0.4) is 0 Å². The second-order valence-corrected chi connectivity index (χ2v) is 3.70. The zero-order valence-electron chi connectivity index (χ0n) is 8.71. The van der Waals surface area contributed by atoms with Gasteiger partial charge in [0.1, 0.15) is 5.02 Å². The number of rotatable bonds is 2. The Hall–Kier alpha value is -1.83. The van der Waals surface area contributed by atoms with Gasteiger partial charge in [0.05, 0.1) is 16.1 Å². The summed E-state index contributed by atoms with van der Waals surface area (Å²) in [6.45, 7) is 0.860. The van der Waals surface area contributed by atoms with E-state index in [1.54, 1.807) is 0 Å². The Morgan fingerprint density at radius 1 is 1.50 bits per heavy atom. The van der Waals surface area contributed by atoms with Crippen LogP contribution in [0.25, 0.3) is 0 Å². The standard InChI is InChI=1S/C9H5ClF3NO4/c1-3-5(9(11,12)13)2-4(8(15)16)6(10)7(3)14(17)18/h2H,1H3,(H,15,16). The van der Waals surface area contributed by atoms with Gasteiger partial charge in [0, 0.05) is 5.56 Å². The molecule has 0 aliphatic rings. The second kappa shape index (κ2) is 4.45. The summed E-state index contributed by atoms with van der Waals surface area (Å²) >= 11 is 5.44. The van der Waals surface area contributed by atoms with Crippen molar-refractivity contribution in [1.29, 1.82) is 0 Å². The summed E-state index contributed by atoms with van der Waals surface area (Å²) < 4.78 is 37.8. The summed E-state index contributed by atoms with van der Waals surface area (Å²) in [4.78, 5) is 20.2. The minimum Gasteiger partial charge on any atom is -0.478 e. The number of nitro benzene ring substituents is 1. The molecule has 18 heavy (non-hydrogen) atoms. The first-order valence-corrected chi connectivity index (χ1v) is 4.73. The van der Waals surface area contributed by atoms with E-state index in [1.807, 2.05) is 0 Å². The van der Waals surface area contributed by atoms with Crippen LogP contribution in [-0.4, -0.2) is 16.0 Å². The zero-order chi connectivity index (χ0) is 14.2. The number of carboxylic acid groups (broad SMARTS) is 1. The van der Waals surface area contributed by atoms with Crippen molar-refractivity contribution in [1.82, 2.24) is 0 Å². The SMILES string of the molecule is Cc1c(C(F)(F)F)cc(C(=O)O)c(Cl)c1[N+](=O)[O-]. The van der Waals surface area contributed by atoms with Crippen LogP contribution < -0.4 is 0 Å². The number of alkyl halides is 3. The van der Waals surface area contributed by atoms with Crippen molar-refractivity contribution in [3.63, 3.8) is 0 Å². The van der Waals surface area contributed by atoms with E-state index in [4.69, 9.17) is 16.7 Å².